The van der Waals surface area contributed by atoms with E-state index in [1.54, 1.807) is 12.4 Å². The number of nitrogens with one attached hydrogen (secondary N) is 1. The highest BCUT2D eigenvalue weighted by Crippen LogP contribution is 2.24. The topological polar surface area (TPSA) is 118 Å². The molecule has 0 saturated carbocycles. The molecule has 38 heavy (non-hydrogen) atoms. The number of halogens is 3. The lowest BCUT2D eigenvalue weighted by Gasteiger charge is -2.28. The number of carboxylic acid groups (broad SMARTS) is 1. The van der Waals surface area contributed by atoms with E-state index in [0.717, 1.165) is 55.5 Å². The Bertz CT molecular complexity index is 1330. The van der Waals surface area contributed by atoms with E-state index < -0.39 is 12.1 Å². The van der Waals surface area contributed by atoms with Crippen LogP contribution in [0.25, 0.3) is 11.3 Å². The molecule has 0 radical (unpaired) electrons. The predicted molar refractivity (Wildman–Crippen MR) is 133 cm³/mol. The van der Waals surface area contributed by atoms with E-state index in [1.807, 2.05) is 47.7 Å². The number of anilines is 3. The Morgan fingerprint density at radius 3 is 2.45 bits per heavy atom. The Labute approximate surface area is 215 Å². The highest BCUT2D eigenvalue weighted by molar-refractivity contribution is 5.73. The number of alkyl halides is 3. The number of ether oxygens (including phenoxy) is 1. The number of hydrogen-bond acceptors (Lipinski definition) is 8. The number of aromatic nitrogens is 5. The summed E-state index contributed by atoms with van der Waals surface area (Å²) in [5.74, 6) is -2.20. The van der Waals surface area contributed by atoms with Gasteiger partial charge in [0.25, 0.3) is 0 Å². The van der Waals surface area contributed by atoms with E-state index in [-0.39, 0.29) is 0 Å². The van der Waals surface area contributed by atoms with E-state index >= 15 is 0 Å². The van der Waals surface area contributed by atoms with Crippen molar-refractivity contribution >= 4 is 23.3 Å². The quantitative estimate of drug-likeness (QED) is 0.384. The summed E-state index contributed by atoms with van der Waals surface area (Å²) >= 11 is 0. The minimum atomic E-state index is -5.08. The highest BCUT2D eigenvalue weighted by Gasteiger charge is 2.38. The predicted octanol–water partition coefficient (Wildman–Crippen LogP) is 4.00. The maximum absolute atomic E-state index is 10.6. The SMILES string of the molecule is O=C(O)C(F)(F)F.c1cn(Cc2ccc(Nc3nccc(-c4cncc(N5CCOCC5)c4)n3)cc2)cn1. The smallest absolute Gasteiger partial charge is 0.475 e. The third kappa shape index (κ3) is 7.49. The molecule has 1 fully saturated rings. The van der Waals surface area contributed by atoms with Crippen LogP contribution in [-0.4, -0.2) is 68.1 Å². The third-order valence-corrected chi connectivity index (χ3v) is 5.43. The van der Waals surface area contributed by atoms with Gasteiger partial charge in [0.1, 0.15) is 0 Å². The molecule has 4 heterocycles. The zero-order valence-corrected chi connectivity index (χ0v) is 20.0. The van der Waals surface area contributed by atoms with Gasteiger partial charge in [0.05, 0.1) is 37.1 Å². The average molecular weight is 528 g/mol. The largest absolute Gasteiger partial charge is 0.490 e. The van der Waals surface area contributed by atoms with E-state index in [1.165, 1.54) is 5.56 Å². The zero-order chi connectivity index (χ0) is 27.0. The fraction of sp³-hybridized carbons (Fsp3) is 0.240. The van der Waals surface area contributed by atoms with Crippen LogP contribution in [-0.2, 0) is 16.1 Å². The monoisotopic (exact) mass is 527 g/mol. The van der Waals surface area contributed by atoms with Crippen molar-refractivity contribution in [2.24, 2.45) is 0 Å². The maximum Gasteiger partial charge on any atom is 0.490 e. The normalized spacial score (nSPS) is 13.4. The van der Waals surface area contributed by atoms with Crippen LogP contribution in [0.2, 0.25) is 0 Å². The van der Waals surface area contributed by atoms with Crippen LogP contribution in [0.3, 0.4) is 0 Å². The van der Waals surface area contributed by atoms with Crippen LogP contribution in [0.5, 0.6) is 0 Å². The number of hydrogen-bond donors (Lipinski definition) is 2. The first-order valence-corrected chi connectivity index (χ1v) is 11.5. The number of pyridine rings is 1. The number of carbonyl (C=O) groups is 1. The highest BCUT2D eigenvalue weighted by atomic mass is 19.4. The molecule has 1 aliphatic heterocycles. The average Bonchev–Trinajstić information content (AvgIpc) is 3.44. The number of rotatable bonds is 6. The van der Waals surface area contributed by atoms with Gasteiger partial charge in [-0.3, -0.25) is 4.98 Å². The molecule has 0 spiro atoms. The Balaban J connectivity index is 0.000000426. The lowest BCUT2D eigenvalue weighted by atomic mass is 10.2. The molecule has 0 bridgehead atoms. The van der Waals surface area contributed by atoms with Gasteiger partial charge < -0.3 is 24.6 Å². The van der Waals surface area contributed by atoms with Crippen molar-refractivity contribution in [1.82, 2.24) is 24.5 Å². The molecule has 0 aliphatic carbocycles. The van der Waals surface area contributed by atoms with Gasteiger partial charge >= 0.3 is 12.1 Å². The zero-order valence-electron chi connectivity index (χ0n) is 20.0. The van der Waals surface area contributed by atoms with Crippen LogP contribution < -0.4 is 10.2 Å². The molecule has 1 aliphatic rings. The Kier molecular flexibility index (Phi) is 8.48. The number of carboxylic acids is 1. The molecular formula is C25H24F3N7O3. The van der Waals surface area contributed by atoms with Gasteiger partial charge in [0.2, 0.25) is 5.95 Å². The fourth-order valence-electron chi connectivity index (χ4n) is 3.56. The summed E-state index contributed by atoms with van der Waals surface area (Å²) in [5, 5.41) is 10.4. The lowest BCUT2D eigenvalue weighted by Crippen LogP contribution is -2.36. The molecule has 0 atom stereocenters. The van der Waals surface area contributed by atoms with Crippen LogP contribution in [0.1, 0.15) is 5.56 Å². The second-order valence-electron chi connectivity index (χ2n) is 8.16. The molecule has 198 valence electrons. The first kappa shape index (κ1) is 26.5. The van der Waals surface area contributed by atoms with E-state index in [9.17, 15) is 13.2 Å². The number of aliphatic carboxylic acids is 1. The second kappa shape index (κ2) is 12.1. The summed E-state index contributed by atoms with van der Waals surface area (Å²) in [6.45, 7) is 4.02. The summed E-state index contributed by atoms with van der Waals surface area (Å²) in [5.41, 5.74) is 5.01. The summed E-state index contributed by atoms with van der Waals surface area (Å²) in [7, 11) is 0. The van der Waals surface area contributed by atoms with Gasteiger partial charge in [-0.25, -0.2) is 19.7 Å². The van der Waals surface area contributed by atoms with Crippen molar-refractivity contribution < 1.29 is 27.8 Å². The maximum atomic E-state index is 10.6. The van der Waals surface area contributed by atoms with E-state index in [2.05, 4.69) is 48.4 Å². The van der Waals surface area contributed by atoms with Crippen LogP contribution >= 0.6 is 0 Å². The molecule has 10 nitrogen and oxygen atoms in total. The van der Waals surface area contributed by atoms with Crippen molar-refractivity contribution in [1.29, 1.82) is 0 Å². The first-order valence-electron chi connectivity index (χ1n) is 11.5. The number of imidazole rings is 1. The minimum Gasteiger partial charge on any atom is -0.475 e. The molecule has 13 heteroatoms. The summed E-state index contributed by atoms with van der Waals surface area (Å²) in [6, 6.07) is 12.3. The molecule has 0 unspecified atom stereocenters. The number of benzene rings is 1. The van der Waals surface area contributed by atoms with Crippen LogP contribution in [0.15, 0.2) is 73.7 Å². The molecule has 0 amide bonds. The summed E-state index contributed by atoms with van der Waals surface area (Å²) < 4.78 is 39.2. The van der Waals surface area contributed by atoms with E-state index in [0.29, 0.717) is 5.95 Å². The second-order valence-corrected chi connectivity index (χ2v) is 8.16. The Morgan fingerprint density at radius 1 is 1.05 bits per heavy atom. The standard InChI is InChI=1S/C23H23N7O.C2HF3O2/c1-3-20(4-2-18(1)16-29-8-7-24-17-29)27-23-26-6-5-22(28-23)19-13-21(15-25-14-19)30-9-11-31-12-10-30;3-2(4,5)1(6)7/h1-8,13-15,17H,9-12,16H2,(H,26,27,28);(H,6,7). The molecule has 4 aromatic rings. The summed E-state index contributed by atoms with van der Waals surface area (Å²) in [6.07, 6.45) is 5.95. The molecule has 2 N–H and O–H groups in total. The van der Waals surface area contributed by atoms with Crippen molar-refractivity contribution in [2.75, 3.05) is 36.5 Å². The molecule has 3 aromatic heterocycles. The van der Waals surface area contributed by atoms with Gasteiger partial charge in [0, 0.05) is 55.7 Å². The van der Waals surface area contributed by atoms with Gasteiger partial charge in [-0.05, 0) is 29.8 Å². The third-order valence-electron chi connectivity index (χ3n) is 5.43. The Hall–Kier alpha value is -4.52. The first-order chi connectivity index (χ1) is 18.3. The van der Waals surface area contributed by atoms with Crippen LogP contribution in [0.4, 0.5) is 30.5 Å². The Morgan fingerprint density at radius 2 is 1.79 bits per heavy atom. The van der Waals surface area contributed by atoms with Gasteiger partial charge in [0.15, 0.2) is 0 Å². The number of morpholine rings is 1. The minimum absolute atomic E-state index is 0.552. The van der Waals surface area contributed by atoms with Gasteiger partial charge in [-0.1, -0.05) is 12.1 Å². The lowest BCUT2D eigenvalue weighted by molar-refractivity contribution is -0.192. The van der Waals surface area contributed by atoms with Crippen molar-refractivity contribution in [3.63, 3.8) is 0 Å². The fourth-order valence-corrected chi connectivity index (χ4v) is 3.56. The molecule has 1 aromatic carbocycles. The molecular weight excluding hydrogens is 503 g/mol. The van der Waals surface area contributed by atoms with Crippen molar-refractivity contribution in [2.45, 2.75) is 12.7 Å². The summed E-state index contributed by atoms with van der Waals surface area (Å²) in [4.78, 5) is 28.7. The van der Waals surface area contributed by atoms with Gasteiger partial charge in [-0.15, -0.1) is 0 Å². The van der Waals surface area contributed by atoms with Crippen molar-refractivity contribution in [3.05, 3.63) is 79.3 Å². The number of nitrogens with zero attached hydrogens (tertiary/aromatic N) is 6. The van der Waals surface area contributed by atoms with E-state index in [4.69, 9.17) is 14.6 Å². The van der Waals surface area contributed by atoms with Crippen molar-refractivity contribution in [3.8, 4) is 11.3 Å². The molecule has 5 rings (SSSR count). The van der Waals surface area contributed by atoms with Gasteiger partial charge in [-0.2, -0.15) is 13.2 Å². The van der Waals surface area contributed by atoms with Crippen LogP contribution in [0, 0.1) is 0 Å². The molecule has 1 saturated heterocycles.